The normalized spacial score (nSPS) is 21.8. The van der Waals surface area contributed by atoms with Gasteiger partial charge >= 0.3 is 12.0 Å². The van der Waals surface area contributed by atoms with Gasteiger partial charge in [0, 0.05) is 20.6 Å². The van der Waals surface area contributed by atoms with Crippen LogP contribution in [-0.4, -0.2) is 67.3 Å². The van der Waals surface area contributed by atoms with Crippen molar-refractivity contribution in [1.29, 1.82) is 0 Å². The van der Waals surface area contributed by atoms with E-state index in [9.17, 15) is 14.4 Å². The molecule has 0 bridgehead atoms. The van der Waals surface area contributed by atoms with Crippen LogP contribution < -0.4 is 10.6 Å². The zero-order chi connectivity index (χ0) is 14.4. The Hall–Kier alpha value is -1.83. The zero-order valence-electron chi connectivity index (χ0n) is 11.0. The molecule has 0 aromatic heterocycles. The summed E-state index contributed by atoms with van der Waals surface area (Å²) in [7, 11) is 3.20. The van der Waals surface area contributed by atoms with Crippen LogP contribution in [0.3, 0.4) is 0 Å². The second-order valence-electron chi connectivity index (χ2n) is 4.51. The van der Waals surface area contributed by atoms with Gasteiger partial charge in [-0.1, -0.05) is 0 Å². The van der Waals surface area contributed by atoms with Crippen molar-refractivity contribution in [2.45, 2.75) is 25.0 Å². The number of likely N-dealkylation sites (N-methyl/N-ethyl adjacent to an activating group) is 1. The summed E-state index contributed by atoms with van der Waals surface area (Å²) in [5.41, 5.74) is 0. The molecular weight excluding hydrogens is 254 g/mol. The Kier molecular flexibility index (Phi) is 5.56. The van der Waals surface area contributed by atoms with E-state index in [2.05, 4.69) is 10.6 Å². The first kappa shape index (κ1) is 15.2. The molecule has 1 aliphatic heterocycles. The van der Waals surface area contributed by atoms with Gasteiger partial charge in [0.2, 0.25) is 5.91 Å². The van der Waals surface area contributed by atoms with Gasteiger partial charge < -0.3 is 25.4 Å². The molecule has 8 heteroatoms. The summed E-state index contributed by atoms with van der Waals surface area (Å²) in [6.07, 6.45) is -0.0439. The smallest absolute Gasteiger partial charge is 0.332 e. The summed E-state index contributed by atoms with van der Waals surface area (Å²) in [6.45, 7) is 0.147. The van der Waals surface area contributed by atoms with Crippen LogP contribution in [0.4, 0.5) is 4.79 Å². The van der Waals surface area contributed by atoms with Gasteiger partial charge in [0.05, 0.1) is 12.6 Å². The van der Waals surface area contributed by atoms with E-state index in [1.807, 2.05) is 0 Å². The van der Waals surface area contributed by atoms with Crippen LogP contribution in [0.5, 0.6) is 0 Å². The van der Waals surface area contributed by atoms with Crippen molar-refractivity contribution in [3.8, 4) is 0 Å². The average molecular weight is 273 g/mol. The molecule has 1 aliphatic rings. The largest absolute Gasteiger partial charge is 0.479 e. The summed E-state index contributed by atoms with van der Waals surface area (Å²) in [6, 6.07) is -0.474. The quantitative estimate of drug-likeness (QED) is 0.596. The van der Waals surface area contributed by atoms with E-state index in [1.165, 1.54) is 4.90 Å². The van der Waals surface area contributed by atoms with Crippen molar-refractivity contribution in [3.05, 3.63) is 0 Å². The number of carboxylic acid groups (broad SMARTS) is 1. The van der Waals surface area contributed by atoms with E-state index in [4.69, 9.17) is 9.84 Å². The first-order valence-corrected chi connectivity index (χ1v) is 6.00. The van der Waals surface area contributed by atoms with Crippen LogP contribution >= 0.6 is 0 Å². The Morgan fingerprint density at radius 1 is 1.26 bits per heavy atom. The molecular formula is C11H19N3O5. The minimum atomic E-state index is -0.983. The predicted molar refractivity (Wildman–Crippen MR) is 65.6 cm³/mol. The first-order chi connectivity index (χ1) is 8.90. The van der Waals surface area contributed by atoms with Crippen LogP contribution in [0.2, 0.25) is 0 Å². The maximum Gasteiger partial charge on any atom is 0.332 e. The molecule has 108 valence electrons. The molecule has 3 N–H and O–H groups in total. The number of carbonyl (C=O) groups is 3. The molecule has 19 heavy (non-hydrogen) atoms. The monoisotopic (exact) mass is 273 g/mol. The fourth-order valence-electron chi connectivity index (χ4n) is 1.62. The number of urea groups is 1. The summed E-state index contributed by atoms with van der Waals surface area (Å²) in [4.78, 5) is 34.6. The molecule has 8 nitrogen and oxygen atoms in total. The van der Waals surface area contributed by atoms with Gasteiger partial charge in [-0.05, 0) is 12.8 Å². The predicted octanol–water partition coefficient (Wildman–Crippen LogP) is -0.994. The summed E-state index contributed by atoms with van der Waals surface area (Å²) in [5.74, 6) is -1.19. The number of nitrogens with one attached hydrogen (secondary N) is 2. The van der Waals surface area contributed by atoms with Gasteiger partial charge in [-0.25, -0.2) is 9.59 Å². The van der Waals surface area contributed by atoms with Crippen LogP contribution in [0.15, 0.2) is 0 Å². The van der Waals surface area contributed by atoms with Crippen LogP contribution in [0, 0.1) is 0 Å². The highest BCUT2D eigenvalue weighted by Gasteiger charge is 2.30. The van der Waals surface area contributed by atoms with Gasteiger partial charge in [0.1, 0.15) is 0 Å². The highest BCUT2D eigenvalue weighted by molar-refractivity contribution is 5.83. The highest BCUT2D eigenvalue weighted by Crippen LogP contribution is 2.18. The molecule has 1 rings (SSSR count). The number of rotatable bonds is 5. The fraction of sp³-hybridized carbons (Fsp3) is 0.727. The summed E-state index contributed by atoms with van der Waals surface area (Å²) >= 11 is 0. The second-order valence-corrected chi connectivity index (χ2v) is 4.51. The Labute approximate surface area is 111 Å². The standard InChI is InChI=1S/C11H19N3O5/c1-14(2)9(15)6-13-11(18)12-5-7-3-4-8(19-7)10(16)17/h7-8H,3-6H2,1-2H3,(H,16,17)(H2,12,13,18). The SMILES string of the molecule is CN(C)C(=O)CNC(=O)NCC1CCC(C(=O)O)O1. The molecule has 1 saturated heterocycles. The molecule has 0 radical (unpaired) electrons. The van der Waals surface area contributed by atoms with E-state index in [1.54, 1.807) is 14.1 Å². The number of aliphatic carboxylic acids is 1. The maximum atomic E-state index is 11.4. The molecule has 2 atom stereocenters. The molecule has 3 amide bonds. The number of hydrogen-bond acceptors (Lipinski definition) is 4. The van der Waals surface area contributed by atoms with Crippen molar-refractivity contribution in [1.82, 2.24) is 15.5 Å². The lowest BCUT2D eigenvalue weighted by Crippen LogP contribution is -2.44. The molecule has 1 heterocycles. The van der Waals surface area contributed by atoms with Crippen molar-refractivity contribution < 1.29 is 24.2 Å². The molecule has 0 spiro atoms. The third-order valence-corrected chi connectivity index (χ3v) is 2.77. The van der Waals surface area contributed by atoms with Gasteiger partial charge in [0.25, 0.3) is 0 Å². The van der Waals surface area contributed by atoms with E-state index < -0.39 is 18.1 Å². The Bertz CT molecular complexity index is 358. The molecule has 1 fully saturated rings. The molecule has 2 unspecified atom stereocenters. The zero-order valence-corrected chi connectivity index (χ0v) is 11.0. The number of carbonyl (C=O) groups excluding carboxylic acids is 2. The van der Waals surface area contributed by atoms with Gasteiger partial charge in [0.15, 0.2) is 6.10 Å². The lowest BCUT2D eigenvalue weighted by atomic mass is 10.2. The average Bonchev–Trinajstić information content (AvgIpc) is 2.82. The number of ether oxygens (including phenoxy) is 1. The van der Waals surface area contributed by atoms with Gasteiger partial charge in [-0.3, -0.25) is 4.79 Å². The van der Waals surface area contributed by atoms with E-state index >= 15 is 0 Å². The van der Waals surface area contributed by atoms with Crippen LogP contribution in [-0.2, 0) is 14.3 Å². The van der Waals surface area contributed by atoms with Crippen molar-refractivity contribution in [3.63, 3.8) is 0 Å². The third-order valence-electron chi connectivity index (χ3n) is 2.77. The fourth-order valence-corrected chi connectivity index (χ4v) is 1.62. The number of carboxylic acids is 1. The van der Waals surface area contributed by atoms with Gasteiger partial charge in [-0.15, -0.1) is 0 Å². The van der Waals surface area contributed by atoms with E-state index in [0.717, 1.165) is 0 Å². The van der Waals surface area contributed by atoms with E-state index in [-0.39, 0.29) is 25.1 Å². The number of nitrogens with zero attached hydrogens (tertiary/aromatic N) is 1. The first-order valence-electron chi connectivity index (χ1n) is 6.00. The minimum absolute atomic E-state index is 0.0812. The summed E-state index contributed by atoms with van der Waals surface area (Å²) < 4.78 is 5.22. The Morgan fingerprint density at radius 2 is 1.95 bits per heavy atom. The highest BCUT2D eigenvalue weighted by atomic mass is 16.5. The van der Waals surface area contributed by atoms with Crippen molar-refractivity contribution in [2.24, 2.45) is 0 Å². The Balaban J connectivity index is 2.17. The molecule has 0 saturated carbocycles. The molecule has 0 aromatic carbocycles. The maximum absolute atomic E-state index is 11.4. The minimum Gasteiger partial charge on any atom is -0.479 e. The number of hydrogen-bond donors (Lipinski definition) is 3. The van der Waals surface area contributed by atoms with Crippen LogP contribution in [0.1, 0.15) is 12.8 Å². The molecule has 0 aliphatic carbocycles. The third kappa shape index (κ3) is 5.12. The number of amides is 3. The lowest BCUT2D eigenvalue weighted by molar-refractivity contribution is -0.149. The van der Waals surface area contributed by atoms with Crippen LogP contribution in [0.25, 0.3) is 0 Å². The van der Waals surface area contributed by atoms with Gasteiger partial charge in [-0.2, -0.15) is 0 Å². The van der Waals surface area contributed by atoms with E-state index in [0.29, 0.717) is 12.8 Å². The van der Waals surface area contributed by atoms with Crippen molar-refractivity contribution >= 4 is 17.9 Å². The second kappa shape index (κ2) is 6.93. The molecule has 0 aromatic rings. The lowest BCUT2D eigenvalue weighted by Gasteiger charge is -2.14. The summed E-state index contributed by atoms with van der Waals surface area (Å²) in [5, 5.41) is 13.7. The topological polar surface area (TPSA) is 108 Å². The Morgan fingerprint density at radius 3 is 2.47 bits per heavy atom. The van der Waals surface area contributed by atoms with Crippen molar-refractivity contribution in [2.75, 3.05) is 27.2 Å².